The Morgan fingerprint density at radius 3 is 2.57 bits per heavy atom. The summed E-state index contributed by atoms with van der Waals surface area (Å²) < 4.78 is 16.4. The van der Waals surface area contributed by atoms with Gasteiger partial charge in [-0.3, -0.25) is 0 Å². The molecule has 0 aliphatic rings. The van der Waals surface area contributed by atoms with Crippen molar-refractivity contribution in [3.63, 3.8) is 0 Å². The van der Waals surface area contributed by atoms with Crippen LogP contribution in [-0.4, -0.2) is 24.5 Å². The zero-order valence-corrected chi connectivity index (χ0v) is 12.4. The average molecular weight is 301 g/mol. The molecule has 0 N–H and O–H groups in total. The Labute approximate surface area is 127 Å². The van der Waals surface area contributed by atoms with Gasteiger partial charge in [0.2, 0.25) is 0 Å². The van der Waals surface area contributed by atoms with Crippen molar-refractivity contribution in [2.75, 3.05) is 19.5 Å². The van der Waals surface area contributed by atoms with Crippen LogP contribution in [0.1, 0.15) is 0 Å². The van der Waals surface area contributed by atoms with E-state index in [0.717, 1.165) is 28.4 Å². The van der Waals surface area contributed by atoms with E-state index in [9.17, 15) is 0 Å². The monoisotopic (exact) mass is 301 g/mol. The third-order valence-electron chi connectivity index (χ3n) is 2.91. The molecule has 4 nitrogen and oxygen atoms in total. The molecule has 0 unspecified atom stereocenters. The normalized spacial score (nSPS) is 10.7. The number of aromatic nitrogens is 1. The lowest BCUT2D eigenvalue weighted by atomic mass is 10.3. The Bertz CT molecular complexity index is 676. The third-order valence-corrected chi connectivity index (χ3v) is 3.70. The summed E-state index contributed by atoms with van der Waals surface area (Å²) in [5, 5.41) is 0.675. The van der Waals surface area contributed by atoms with Crippen LogP contribution in [0.5, 0.6) is 11.5 Å². The molecule has 1 aromatic heterocycles. The van der Waals surface area contributed by atoms with Gasteiger partial charge in [-0.1, -0.05) is 23.9 Å². The topological polar surface area (TPSA) is 44.5 Å². The lowest BCUT2D eigenvalue weighted by Gasteiger charge is -2.05. The van der Waals surface area contributed by atoms with Gasteiger partial charge in [0.05, 0.1) is 13.7 Å². The number of hydrogen-bond donors (Lipinski definition) is 0. The van der Waals surface area contributed by atoms with E-state index < -0.39 is 0 Å². The first-order valence-corrected chi connectivity index (χ1v) is 7.59. The van der Waals surface area contributed by atoms with Crippen LogP contribution in [0.2, 0.25) is 0 Å². The molecule has 0 saturated carbocycles. The summed E-state index contributed by atoms with van der Waals surface area (Å²) in [4.78, 5) is 4.40. The number of oxazole rings is 1. The molecule has 0 atom stereocenters. The van der Waals surface area contributed by atoms with Gasteiger partial charge in [-0.2, -0.15) is 0 Å². The van der Waals surface area contributed by atoms with Crippen LogP contribution in [0.3, 0.4) is 0 Å². The summed E-state index contributed by atoms with van der Waals surface area (Å²) in [6, 6.07) is 15.3. The molecule has 21 heavy (non-hydrogen) atoms. The van der Waals surface area contributed by atoms with Crippen molar-refractivity contribution in [3.05, 3.63) is 48.5 Å². The fraction of sp³-hybridized carbons (Fsp3) is 0.188. The van der Waals surface area contributed by atoms with Crippen molar-refractivity contribution in [2.24, 2.45) is 0 Å². The lowest BCUT2D eigenvalue weighted by molar-refractivity contribution is 0.342. The van der Waals surface area contributed by atoms with Crippen molar-refractivity contribution in [2.45, 2.75) is 5.22 Å². The molecule has 3 aromatic rings. The third kappa shape index (κ3) is 3.49. The van der Waals surface area contributed by atoms with Gasteiger partial charge in [0, 0.05) is 5.75 Å². The number of benzene rings is 2. The summed E-state index contributed by atoms with van der Waals surface area (Å²) in [5.41, 5.74) is 1.70. The van der Waals surface area contributed by atoms with Crippen LogP contribution < -0.4 is 9.47 Å². The SMILES string of the molecule is COc1ccc(OCCSc2nc3ccccc3o2)cc1. The first-order chi connectivity index (χ1) is 10.3. The molecule has 0 spiro atoms. The second-order valence-electron chi connectivity index (χ2n) is 4.32. The maximum Gasteiger partial charge on any atom is 0.256 e. The maximum atomic E-state index is 5.66. The highest BCUT2D eigenvalue weighted by Gasteiger charge is 2.05. The molecule has 0 aliphatic heterocycles. The van der Waals surface area contributed by atoms with E-state index in [1.54, 1.807) is 18.9 Å². The summed E-state index contributed by atoms with van der Waals surface area (Å²) in [6.07, 6.45) is 0. The summed E-state index contributed by atoms with van der Waals surface area (Å²) >= 11 is 1.55. The van der Waals surface area contributed by atoms with E-state index in [0.29, 0.717) is 11.8 Å². The first-order valence-electron chi connectivity index (χ1n) is 6.60. The van der Waals surface area contributed by atoms with Gasteiger partial charge >= 0.3 is 0 Å². The summed E-state index contributed by atoms with van der Waals surface area (Å²) in [7, 11) is 1.65. The molecule has 2 aromatic carbocycles. The predicted octanol–water partition coefficient (Wildman–Crippen LogP) is 4.01. The molecule has 1 heterocycles. The number of para-hydroxylation sites is 2. The number of methoxy groups -OCH3 is 1. The highest BCUT2D eigenvalue weighted by molar-refractivity contribution is 7.99. The van der Waals surface area contributed by atoms with Crippen LogP contribution in [0, 0.1) is 0 Å². The zero-order valence-electron chi connectivity index (χ0n) is 11.6. The minimum absolute atomic E-state index is 0.593. The minimum Gasteiger partial charge on any atom is -0.497 e. The lowest BCUT2D eigenvalue weighted by Crippen LogP contribution is -1.99. The molecule has 108 valence electrons. The Balaban J connectivity index is 1.49. The molecule has 0 bridgehead atoms. The van der Waals surface area contributed by atoms with E-state index in [1.807, 2.05) is 48.5 Å². The van der Waals surface area contributed by atoms with Gasteiger partial charge in [-0.25, -0.2) is 4.98 Å². The number of rotatable bonds is 6. The Morgan fingerprint density at radius 2 is 1.81 bits per heavy atom. The molecular weight excluding hydrogens is 286 g/mol. The van der Waals surface area contributed by atoms with Crippen molar-refractivity contribution in [3.8, 4) is 11.5 Å². The van der Waals surface area contributed by atoms with Crippen molar-refractivity contribution < 1.29 is 13.9 Å². The van der Waals surface area contributed by atoms with Crippen molar-refractivity contribution in [1.82, 2.24) is 4.98 Å². The molecule has 5 heteroatoms. The molecule has 0 aliphatic carbocycles. The minimum atomic E-state index is 0.593. The molecule has 0 saturated heterocycles. The van der Waals surface area contributed by atoms with Crippen LogP contribution in [0.15, 0.2) is 58.2 Å². The van der Waals surface area contributed by atoms with Crippen molar-refractivity contribution >= 4 is 22.9 Å². The fourth-order valence-electron chi connectivity index (χ4n) is 1.87. The number of nitrogens with zero attached hydrogens (tertiary/aromatic N) is 1. The Hall–Kier alpha value is -2.14. The van der Waals surface area contributed by atoms with Gasteiger partial charge in [-0.15, -0.1) is 0 Å². The van der Waals surface area contributed by atoms with E-state index >= 15 is 0 Å². The Morgan fingerprint density at radius 1 is 1.05 bits per heavy atom. The van der Waals surface area contributed by atoms with Crippen LogP contribution in [0.25, 0.3) is 11.1 Å². The smallest absolute Gasteiger partial charge is 0.256 e. The van der Waals surface area contributed by atoms with Crippen LogP contribution >= 0.6 is 11.8 Å². The van der Waals surface area contributed by atoms with E-state index in [4.69, 9.17) is 13.9 Å². The van der Waals surface area contributed by atoms with Gasteiger partial charge in [0.25, 0.3) is 5.22 Å². The Kier molecular flexibility index (Phi) is 4.31. The van der Waals surface area contributed by atoms with E-state index in [-0.39, 0.29) is 0 Å². The predicted molar refractivity (Wildman–Crippen MR) is 83.2 cm³/mol. The van der Waals surface area contributed by atoms with Crippen LogP contribution in [-0.2, 0) is 0 Å². The number of ether oxygens (including phenoxy) is 2. The zero-order chi connectivity index (χ0) is 14.5. The molecule has 3 rings (SSSR count). The van der Waals surface area contributed by atoms with Gasteiger partial charge in [0.15, 0.2) is 5.58 Å². The molecule has 0 amide bonds. The number of thioether (sulfide) groups is 1. The molecule has 0 radical (unpaired) electrons. The fourth-order valence-corrected chi connectivity index (χ4v) is 2.53. The second-order valence-corrected chi connectivity index (χ2v) is 5.37. The largest absolute Gasteiger partial charge is 0.497 e. The van der Waals surface area contributed by atoms with E-state index in [2.05, 4.69) is 4.98 Å². The second kappa shape index (κ2) is 6.54. The van der Waals surface area contributed by atoms with Gasteiger partial charge in [-0.05, 0) is 36.4 Å². The van der Waals surface area contributed by atoms with Crippen LogP contribution in [0.4, 0.5) is 0 Å². The average Bonchev–Trinajstić information content (AvgIpc) is 2.95. The molecule has 0 fully saturated rings. The van der Waals surface area contributed by atoms with Gasteiger partial charge in [0.1, 0.15) is 17.0 Å². The summed E-state index contributed by atoms with van der Waals surface area (Å²) in [6.45, 7) is 0.593. The quantitative estimate of drug-likeness (QED) is 0.508. The highest BCUT2D eigenvalue weighted by atomic mass is 32.2. The maximum absolute atomic E-state index is 5.66. The first kappa shape index (κ1) is 13.8. The summed E-state index contributed by atoms with van der Waals surface area (Å²) in [5.74, 6) is 2.43. The standard InChI is InChI=1S/C16H15NO3S/c1-18-12-6-8-13(9-7-12)19-10-11-21-16-17-14-4-2-3-5-15(14)20-16/h2-9H,10-11H2,1H3. The molecular formula is C16H15NO3S. The van der Waals surface area contributed by atoms with Crippen molar-refractivity contribution in [1.29, 1.82) is 0 Å². The van der Waals surface area contributed by atoms with E-state index in [1.165, 1.54) is 0 Å². The van der Waals surface area contributed by atoms with Gasteiger partial charge < -0.3 is 13.9 Å². The number of hydrogen-bond acceptors (Lipinski definition) is 5. The highest BCUT2D eigenvalue weighted by Crippen LogP contribution is 2.23. The number of fused-ring (bicyclic) bond motifs is 1.